The van der Waals surface area contributed by atoms with Crippen molar-refractivity contribution < 1.29 is 13.9 Å². The Balaban J connectivity index is 1.41. The van der Waals surface area contributed by atoms with Gasteiger partial charge >= 0.3 is 0 Å². The lowest BCUT2D eigenvalue weighted by Gasteiger charge is -2.38. The Labute approximate surface area is 186 Å². The second-order valence-electron chi connectivity index (χ2n) is 7.31. The molecule has 1 saturated carbocycles. The number of pyridine rings is 1. The molecule has 0 spiro atoms. The van der Waals surface area contributed by atoms with Crippen molar-refractivity contribution in [1.29, 1.82) is 0 Å². The van der Waals surface area contributed by atoms with E-state index in [-0.39, 0.29) is 11.6 Å². The number of aromatic amines is 1. The van der Waals surface area contributed by atoms with E-state index in [4.69, 9.17) is 4.74 Å². The van der Waals surface area contributed by atoms with Crippen molar-refractivity contribution in [2.75, 3.05) is 11.9 Å². The number of nitrogens with zero attached hydrogens (tertiary/aromatic N) is 5. The van der Waals surface area contributed by atoms with E-state index >= 15 is 0 Å². The second-order valence-corrected chi connectivity index (χ2v) is 8.16. The molecule has 4 heterocycles. The standard InChI is InChI=1S/C21H20FN7O2S/c1-2-31-17-7-16(18(17)22)29-10-14(19(28-29)13-5-3-4-6-23-13)26-20(30)15-11-32-21(27-15)12-8-24-25-9-12/h3-6,8-11,16-18H,2,7H2,1H3,(H,24,25)(H,26,30). The first-order valence-electron chi connectivity index (χ1n) is 10.2. The lowest BCUT2D eigenvalue weighted by atomic mass is 9.87. The van der Waals surface area contributed by atoms with Crippen LogP contribution < -0.4 is 5.32 Å². The second kappa shape index (κ2) is 8.60. The summed E-state index contributed by atoms with van der Waals surface area (Å²) in [6.07, 6.45) is 5.57. The normalized spacial score (nSPS) is 20.1. The van der Waals surface area contributed by atoms with Crippen molar-refractivity contribution in [2.24, 2.45) is 0 Å². The molecule has 5 rings (SSSR count). The highest BCUT2D eigenvalue weighted by molar-refractivity contribution is 7.13. The van der Waals surface area contributed by atoms with Gasteiger partial charge in [0.2, 0.25) is 0 Å². The molecule has 0 bridgehead atoms. The minimum Gasteiger partial charge on any atom is -0.375 e. The average molecular weight is 454 g/mol. The van der Waals surface area contributed by atoms with Gasteiger partial charge in [-0.2, -0.15) is 10.2 Å². The molecule has 0 aromatic carbocycles. The van der Waals surface area contributed by atoms with Gasteiger partial charge in [0.05, 0.1) is 29.7 Å². The number of rotatable bonds is 7. The number of ether oxygens (including phenoxy) is 1. The van der Waals surface area contributed by atoms with Gasteiger partial charge in [0.25, 0.3) is 5.91 Å². The Hall–Kier alpha value is -3.44. The number of nitrogens with one attached hydrogen (secondary N) is 2. The van der Waals surface area contributed by atoms with E-state index in [1.54, 1.807) is 47.0 Å². The van der Waals surface area contributed by atoms with Crippen LogP contribution in [0.25, 0.3) is 22.0 Å². The van der Waals surface area contributed by atoms with Crippen LogP contribution in [0.5, 0.6) is 0 Å². The molecule has 164 valence electrons. The molecular formula is C21H20FN7O2S. The lowest BCUT2D eigenvalue weighted by Crippen LogP contribution is -2.46. The van der Waals surface area contributed by atoms with Gasteiger partial charge in [0.15, 0.2) is 0 Å². The largest absolute Gasteiger partial charge is 0.375 e. The molecule has 9 nitrogen and oxygen atoms in total. The monoisotopic (exact) mass is 453 g/mol. The van der Waals surface area contributed by atoms with Crippen LogP contribution in [-0.2, 0) is 4.74 Å². The molecule has 4 aromatic rings. The number of carbonyl (C=O) groups is 1. The van der Waals surface area contributed by atoms with Crippen LogP contribution in [0, 0.1) is 0 Å². The van der Waals surface area contributed by atoms with Crippen molar-refractivity contribution in [3.05, 3.63) is 54.1 Å². The molecule has 1 aliphatic carbocycles. The first kappa shape index (κ1) is 20.5. The summed E-state index contributed by atoms with van der Waals surface area (Å²) in [7, 11) is 0. The zero-order chi connectivity index (χ0) is 22.1. The van der Waals surface area contributed by atoms with Crippen molar-refractivity contribution in [1.82, 2.24) is 29.9 Å². The van der Waals surface area contributed by atoms with Gasteiger partial charge in [0, 0.05) is 42.6 Å². The first-order chi connectivity index (χ1) is 15.6. The highest BCUT2D eigenvalue weighted by atomic mass is 32.1. The van der Waals surface area contributed by atoms with Crippen molar-refractivity contribution in [2.45, 2.75) is 31.7 Å². The van der Waals surface area contributed by atoms with Gasteiger partial charge in [0.1, 0.15) is 22.6 Å². The van der Waals surface area contributed by atoms with E-state index < -0.39 is 18.3 Å². The highest BCUT2D eigenvalue weighted by Crippen LogP contribution is 2.39. The maximum atomic E-state index is 14.6. The number of carbonyl (C=O) groups excluding carboxylic acids is 1. The Morgan fingerprint density at radius 1 is 1.44 bits per heavy atom. The predicted molar refractivity (Wildman–Crippen MR) is 117 cm³/mol. The SMILES string of the molecule is CCOC1CC(n2cc(NC(=O)c3csc(-c4cn[nH]c4)n3)c(-c3ccccn3)n2)C1F. The number of H-pyrrole nitrogens is 1. The van der Waals surface area contributed by atoms with E-state index in [1.807, 2.05) is 13.0 Å². The van der Waals surface area contributed by atoms with Crippen molar-refractivity contribution >= 4 is 22.9 Å². The molecule has 0 saturated heterocycles. The third-order valence-electron chi connectivity index (χ3n) is 5.29. The van der Waals surface area contributed by atoms with E-state index in [1.165, 1.54) is 11.3 Å². The fraction of sp³-hybridized carbons (Fsp3) is 0.286. The molecule has 1 fully saturated rings. The molecule has 0 radical (unpaired) electrons. The van der Waals surface area contributed by atoms with Gasteiger partial charge in [-0.3, -0.25) is 19.6 Å². The third-order valence-corrected chi connectivity index (χ3v) is 6.18. The van der Waals surface area contributed by atoms with E-state index in [2.05, 4.69) is 30.6 Å². The Morgan fingerprint density at radius 3 is 3.06 bits per heavy atom. The molecule has 1 aliphatic rings. The third kappa shape index (κ3) is 3.80. The summed E-state index contributed by atoms with van der Waals surface area (Å²) in [5.74, 6) is -0.384. The summed E-state index contributed by atoms with van der Waals surface area (Å²) < 4.78 is 21.6. The Morgan fingerprint density at radius 2 is 2.34 bits per heavy atom. The fourth-order valence-electron chi connectivity index (χ4n) is 3.59. The Kier molecular flexibility index (Phi) is 5.50. The van der Waals surface area contributed by atoms with E-state index in [0.717, 1.165) is 5.56 Å². The smallest absolute Gasteiger partial charge is 0.275 e. The quantitative estimate of drug-likeness (QED) is 0.441. The van der Waals surface area contributed by atoms with Gasteiger partial charge < -0.3 is 10.1 Å². The first-order valence-corrected chi connectivity index (χ1v) is 11.0. The molecule has 11 heteroatoms. The minimum absolute atomic E-state index is 0.273. The summed E-state index contributed by atoms with van der Waals surface area (Å²) >= 11 is 1.35. The molecule has 1 amide bonds. The summed E-state index contributed by atoms with van der Waals surface area (Å²) in [6.45, 7) is 2.31. The zero-order valence-electron chi connectivity index (χ0n) is 17.1. The predicted octanol–water partition coefficient (Wildman–Crippen LogP) is 3.73. The van der Waals surface area contributed by atoms with Crippen LogP contribution in [0.15, 0.2) is 48.4 Å². The maximum Gasteiger partial charge on any atom is 0.275 e. The topological polar surface area (TPSA) is 111 Å². The van der Waals surface area contributed by atoms with Gasteiger partial charge in [-0.25, -0.2) is 9.37 Å². The average Bonchev–Trinajstić information content (AvgIpc) is 3.57. The molecule has 4 aromatic heterocycles. The van der Waals surface area contributed by atoms with Crippen LogP contribution in [0.4, 0.5) is 10.1 Å². The van der Waals surface area contributed by atoms with Crippen LogP contribution in [-0.4, -0.2) is 54.7 Å². The molecule has 0 aliphatic heterocycles. The molecule has 3 atom stereocenters. The number of alkyl halides is 1. The number of aromatic nitrogens is 6. The number of halogens is 1. The number of amides is 1. The number of thiazole rings is 1. The zero-order valence-corrected chi connectivity index (χ0v) is 17.9. The van der Waals surface area contributed by atoms with E-state index in [0.29, 0.717) is 35.1 Å². The molecule has 2 N–H and O–H groups in total. The summed E-state index contributed by atoms with van der Waals surface area (Å²) in [5.41, 5.74) is 2.57. The van der Waals surface area contributed by atoms with Gasteiger partial charge in [-0.05, 0) is 19.1 Å². The number of anilines is 1. The number of hydrogen-bond acceptors (Lipinski definition) is 7. The van der Waals surface area contributed by atoms with Crippen molar-refractivity contribution in [3.8, 4) is 22.0 Å². The van der Waals surface area contributed by atoms with Gasteiger partial charge in [-0.1, -0.05) is 6.07 Å². The maximum absolute atomic E-state index is 14.6. The Bertz CT molecular complexity index is 1210. The van der Waals surface area contributed by atoms with Crippen LogP contribution in [0.1, 0.15) is 29.9 Å². The fourth-order valence-corrected chi connectivity index (χ4v) is 4.37. The molecular weight excluding hydrogens is 433 g/mol. The molecule has 3 unspecified atom stereocenters. The lowest BCUT2D eigenvalue weighted by molar-refractivity contribution is -0.0921. The summed E-state index contributed by atoms with van der Waals surface area (Å²) in [5, 5.41) is 16.4. The highest BCUT2D eigenvalue weighted by Gasteiger charge is 2.44. The summed E-state index contributed by atoms with van der Waals surface area (Å²) in [4.78, 5) is 21.6. The van der Waals surface area contributed by atoms with Crippen LogP contribution in [0.3, 0.4) is 0 Å². The van der Waals surface area contributed by atoms with Gasteiger partial charge in [-0.15, -0.1) is 11.3 Å². The minimum atomic E-state index is -1.16. The summed E-state index contributed by atoms with van der Waals surface area (Å²) in [6, 6.07) is 4.96. The van der Waals surface area contributed by atoms with Crippen molar-refractivity contribution in [3.63, 3.8) is 0 Å². The van der Waals surface area contributed by atoms with Crippen LogP contribution in [0.2, 0.25) is 0 Å². The van der Waals surface area contributed by atoms with Crippen LogP contribution >= 0.6 is 11.3 Å². The molecule has 32 heavy (non-hydrogen) atoms. The van der Waals surface area contributed by atoms with E-state index in [9.17, 15) is 9.18 Å². The number of hydrogen-bond donors (Lipinski definition) is 2.